The van der Waals surface area contributed by atoms with Gasteiger partial charge >= 0.3 is 5.76 Å². The van der Waals surface area contributed by atoms with Gasteiger partial charge in [-0.15, -0.1) is 0 Å². The third-order valence-corrected chi connectivity index (χ3v) is 4.10. The number of rotatable bonds is 4. The molecule has 2 aromatic heterocycles. The van der Waals surface area contributed by atoms with Gasteiger partial charge in [0.25, 0.3) is 0 Å². The molecular formula is C19H16N4O3. The minimum atomic E-state index is -0.553. The lowest BCUT2D eigenvalue weighted by Gasteiger charge is -2.08. The Balaban J connectivity index is 1.56. The Morgan fingerprint density at radius 1 is 1.19 bits per heavy atom. The van der Waals surface area contributed by atoms with Gasteiger partial charge in [0.05, 0.1) is 5.52 Å². The lowest BCUT2D eigenvalue weighted by molar-refractivity contribution is -0.116. The molecule has 0 spiro atoms. The van der Waals surface area contributed by atoms with Gasteiger partial charge < -0.3 is 14.3 Å². The first kappa shape index (κ1) is 15.9. The molecule has 0 aliphatic rings. The van der Waals surface area contributed by atoms with E-state index in [0.717, 1.165) is 11.4 Å². The number of aryl methyl sites for hydroxylation is 1. The molecule has 26 heavy (non-hydrogen) atoms. The molecule has 4 rings (SSSR count). The van der Waals surface area contributed by atoms with Crippen molar-refractivity contribution in [2.45, 2.75) is 6.54 Å². The Morgan fingerprint density at radius 2 is 2.04 bits per heavy atom. The van der Waals surface area contributed by atoms with E-state index < -0.39 is 5.76 Å². The number of benzene rings is 2. The third-order valence-electron chi connectivity index (χ3n) is 4.10. The average molecular weight is 348 g/mol. The number of fused-ring (bicyclic) bond motifs is 1. The number of nitrogens with zero attached hydrogens (tertiary/aromatic N) is 3. The molecule has 7 nitrogen and oxygen atoms in total. The maximum absolute atomic E-state index is 12.4. The van der Waals surface area contributed by atoms with E-state index in [4.69, 9.17) is 4.42 Å². The summed E-state index contributed by atoms with van der Waals surface area (Å²) in [5, 5.41) is 2.82. The molecule has 0 bridgehead atoms. The smallest absolute Gasteiger partial charge is 0.408 e. The average Bonchev–Trinajstić information content (AvgIpc) is 3.19. The Kier molecular flexibility index (Phi) is 3.89. The van der Waals surface area contributed by atoms with Gasteiger partial charge in [-0.05, 0) is 24.3 Å². The number of para-hydroxylation sites is 2. The zero-order valence-corrected chi connectivity index (χ0v) is 14.0. The van der Waals surface area contributed by atoms with E-state index in [9.17, 15) is 9.59 Å². The van der Waals surface area contributed by atoms with Crippen LogP contribution in [0, 0.1) is 0 Å². The number of hydrogen-bond donors (Lipinski definition) is 1. The van der Waals surface area contributed by atoms with Crippen LogP contribution < -0.4 is 11.1 Å². The molecule has 2 heterocycles. The van der Waals surface area contributed by atoms with Crippen molar-refractivity contribution in [1.82, 2.24) is 14.1 Å². The largest absolute Gasteiger partial charge is 0.420 e. The minimum Gasteiger partial charge on any atom is -0.408 e. The second-order valence-corrected chi connectivity index (χ2v) is 5.91. The third kappa shape index (κ3) is 2.90. The summed E-state index contributed by atoms with van der Waals surface area (Å²) >= 11 is 0. The van der Waals surface area contributed by atoms with Crippen molar-refractivity contribution in [3.05, 3.63) is 71.5 Å². The molecule has 1 N–H and O–H groups in total. The second-order valence-electron chi connectivity index (χ2n) is 5.91. The summed E-state index contributed by atoms with van der Waals surface area (Å²) < 4.78 is 8.36. The first-order valence-corrected chi connectivity index (χ1v) is 8.08. The number of hydrogen-bond acceptors (Lipinski definition) is 4. The molecule has 0 saturated carbocycles. The van der Waals surface area contributed by atoms with Gasteiger partial charge in [0.15, 0.2) is 5.58 Å². The Hall–Kier alpha value is -3.61. The highest BCUT2D eigenvalue weighted by molar-refractivity contribution is 5.92. The molecule has 0 radical (unpaired) electrons. The molecule has 4 aromatic rings. The SMILES string of the molecule is Cn1ccnc1-c1cccc(NC(=O)Cn2c(=O)oc3ccccc32)c1. The van der Waals surface area contributed by atoms with Gasteiger partial charge in [-0.1, -0.05) is 24.3 Å². The second kappa shape index (κ2) is 6.36. The van der Waals surface area contributed by atoms with E-state index in [2.05, 4.69) is 10.3 Å². The number of amides is 1. The molecule has 0 saturated heterocycles. The summed E-state index contributed by atoms with van der Waals surface area (Å²) in [4.78, 5) is 28.7. The summed E-state index contributed by atoms with van der Waals surface area (Å²) in [6.07, 6.45) is 3.58. The molecular weight excluding hydrogens is 332 g/mol. The molecule has 0 aliphatic carbocycles. The van der Waals surface area contributed by atoms with Crippen LogP contribution >= 0.6 is 0 Å². The lowest BCUT2D eigenvalue weighted by atomic mass is 10.2. The number of aromatic nitrogens is 3. The fourth-order valence-corrected chi connectivity index (χ4v) is 2.89. The van der Waals surface area contributed by atoms with Crippen molar-refractivity contribution >= 4 is 22.7 Å². The summed E-state index contributed by atoms with van der Waals surface area (Å²) in [7, 11) is 1.91. The number of nitrogens with one attached hydrogen (secondary N) is 1. The molecule has 0 atom stereocenters. The van der Waals surface area contributed by atoms with Gasteiger partial charge in [-0.2, -0.15) is 0 Å². The zero-order valence-electron chi connectivity index (χ0n) is 14.0. The van der Waals surface area contributed by atoms with Crippen molar-refractivity contribution in [3.8, 4) is 11.4 Å². The topological polar surface area (TPSA) is 82.1 Å². The number of oxazole rings is 1. The van der Waals surface area contributed by atoms with Crippen LogP contribution in [0.15, 0.2) is 70.1 Å². The zero-order chi connectivity index (χ0) is 18.1. The number of carbonyl (C=O) groups excluding carboxylic acids is 1. The van der Waals surface area contributed by atoms with Crippen molar-refractivity contribution < 1.29 is 9.21 Å². The van der Waals surface area contributed by atoms with Crippen LogP contribution in [0.3, 0.4) is 0 Å². The van der Waals surface area contributed by atoms with E-state index in [-0.39, 0.29) is 12.5 Å². The number of carbonyl (C=O) groups is 1. The molecule has 130 valence electrons. The monoisotopic (exact) mass is 348 g/mol. The van der Waals surface area contributed by atoms with Crippen LogP contribution in [0.1, 0.15) is 0 Å². The highest BCUT2D eigenvalue weighted by Crippen LogP contribution is 2.20. The molecule has 2 aromatic carbocycles. The van der Waals surface area contributed by atoms with Crippen molar-refractivity contribution in [2.24, 2.45) is 7.05 Å². The van der Waals surface area contributed by atoms with Crippen LogP contribution in [0.5, 0.6) is 0 Å². The predicted octanol–water partition coefficient (Wildman–Crippen LogP) is 2.63. The number of imidazole rings is 1. The molecule has 0 aliphatic heterocycles. The standard InChI is InChI=1S/C19H16N4O3/c1-22-10-9-20-18(22)13-5-4-6-14(11-13)21-17(24)12-23-15-7-2-3-8-16(15)26-19(23)25/h2-11H,12H2,1H3,(H,21,24). The van der Waals surface area contributed by atoms with E-state index >= 15 is 0 Å². The van der Waals surface area contributed by atoms with E-state index in [0.29, 0.717) is 16.8 Å². The fourth-order valence-electron chi connectivity index (χ4n) is 2.89. The molecule has 0 fully saturated rings. The van der Waals surface area contributed by atoms with Gasteiger partial charge in [-0.25, -0.2) is 9.78 Å². The van der Waals surface area contributed by atoms with Crippen molar-refractivity contribution in [2.75, 3.05) is 5.32 Å². The van der Waals surface area contributed by atoms with E-state index in [1.807, 2.05) is 36.0 Å². The maximum atomic E-state index is 12.4. The first-order valence-electron chi connectivity index (χ1n) is 8.08. The van der Waals surface area contributed by atoms with Crippen LogP contribution in [0.2, 0.25) is 0 Å². The molecule has 7 heteroatoms. The van der Waals surface area contributed by atoms with Gasteiger partial charge in [-0.3, -0.25) is 9.36 Å². The Labute approximate surface area is 148 Å². The summed E-state index contributed by atoms with van der Waals surface area (Å²) in [5.41, 5.74) is 2.58. The fraction of sp³-hybridized carbons (Fsp3) is 0.105. The van der Waals surface area contributed by atoms with Crippen molar-refractivity contribution in [3.63, 3.8) is 0 Å². The van der Waals surface area contributed by atoms with Gasteiger partial charge in [0, 0.05) is 30.7 Å². The van der Waals surface area contributed by atoms with Crippen LogP contribution in [-0.2, 0) is 18.4 Å². The van der Waals surface area contributed by atoms with Crippen LogP contribution in [0.25, 0.3) is 22.5 Å². The predicted molar refractivity (Wildman–Crippen MR) is 97.7 cm³/mol. The Bertz CT molecular complexity index is 1150. The number of anilines is 1. The van der Waals surface area contributed by atoms with Crippen molar-refractivity contribution in [1.29, 1.82) is 0 Å². The van der Waals surface area contributed by atoms with Gasteiger partial charge in [0.1, 0.15) is 12.4 Å². The quantitative estimate of drug-likeness (QED) is 0.615. The minimum absolute atomic E-state index is 0.123. The summed E-state index contributed by atoms with van der Waals surface area (Å²) in [6.45, 7) is -0.123. The maximum Gasteiger partial charge on any atom is 0.420 e. The molecule has 1 amide bonds. The normalized spacial score (nSPS) is 11.0. The highest BCUT2D eigenvalue weighted by atomic mass is 16.4. The van der Waals surface area contributed by atoms with Crippen LogP contribution in [0.4, 0.5) is 5.69 Å². The lowest BCUT2D eigenvalue weighted by Crippen LogP contribution is -2.24. The molecule has 0 unspecified atom stereocenters. The summed E-state index contributed by atoms with van der Waals surface area (Å²) in [5.74, 6) is -0.0584. The Morgan fingerprint density at radius 3 is 2.85 bits per heavy atom. The van der Waals surface area contributed by atoms with Crippen LogP contribution in [-0.4, -0.2) is 20.0 Å². The van der Waals surface area contributed by atoms with E-state index in [1.54, 1.807) is 36.5 Å². The summed E-state index contributed by atoms with van der Waals surface area (Å²) in [6, 6.07) is 14.4. The van der Waals surface area contributed by atoms with Gasteiger partial charge in [0.2, 0.25) is 5.91 Å². The first-order chi connectivity index (χ1) is 12.6. The highest BCUT2D eigenvalue weighted by Gasteiger charge is 2.13. The van der Waals surface area contributed by atoms with E-state index in [1.165, 1.54) is 4.57 Å².